The highest BCUT2D eigenvalue weighted by Crippen LogP contribution is 2.17. The summed E-state index contributed by atoms with van der Waals surface area (Å²) in [4.78, 5) is 19.4. The molecule has 9 heteroatoms. The Morgan fingerprint density at radius 3 is 2.35 bits per heavy atom. The number of nitrogens with one attached hydrogen (secondary N) is 1. The number of ketones is 1. The standard InChI is InChI=1S/C17H17N5O3S/c1-11-8-12(2)22(20-11)17-9-16(18-10-19-17)21-26(24,25)15-6-4-14(5-7-15)13(3)23/h4-10H,1-3H3,(H,18,19,21). The number of benzene rings is 1. The summed E-state index contributed by atoms with van der Waals surface area (Å²) >= 11 is 0. The lowest BCUT2D eigenvalue weighted by Gasteiger charge is -2.09. The molecule has 0 aliphatic rings. The van der Waals surface area contributed by atoms with Gasteiger partial charge in [0.2, 0.25) is 0 Å². The average Bonchev–Trinajstić information content (AvgIpc) is 2.93. The average molecular weight is 371 g/mol. The first-order valence-corrected chi connectivity index (χ1v) is 9.24. The number of Topliss-reactive ketones (excluding diaryl/α,β-unsaturated/α-hetero) is 1. The molecular formula is C17H17N5O3S. The zero-order chi connectivity index (χ0) is 18.9. The fourth-order valence-corrected chi connectivity index (χ4v) is 3.44. The van der Waals surface area contributed by atoms with Crippen LogP contribution in [0.2, 0.25) is 0 Å². The molecule has 3 rings (SSSR count). The van der Waals surface area contributed by atoms with Gasteiger partial charge in [-0.2, -0.15) is 5.10 Å². The summed E-state index contributed by atoms with van der Waals surface area (Å²) in [6.45, 7) is 5.16. The van der Waals surface area contributed by atoms with E-state index in [9.17, 15) is 13.2 Å². The number of carbonyl (C=O) groups is 1. The van der Waals surface area contributed by atoms with E-state index in [1.54, 1.807) is 4.68 Å². The fourth-order valence-electron chi connectivity index (χ4n) is 2.44. The van der Waals surface area contributed by atoms with Crippen LogP contribution < -0.4 is 4.72 Å². The SMILES string of the molecule is CC(=O)c1ccc(S(=O)(=O)Nc2cc(-n3nc(C)cc3C)ncn2)cc1. The monoisotopic (exact) mass is 371 g/mol. The minimum Gasteiger partial charge on any atom is -0.295 e. The Morgan fingerprint density at radius 1 is 1.08 bits per heavy atom. The summed E-state index contributed by atoms with van der Waals surface area (Å²) in [5, 5.41) is 4.32. The molecule has 1 N–H and O–H groups in total. The first-order chi connectivity index (χ1) is 12.3. The molecule has 8 nitrogen and oxygen atoms in total. The van der Waals surface area contributed by atoms with Crippen LogP contribution in [0.1, 0.15) is 28.7 Å². The third-order valence-electron chi connectivity index (χ3n) is 3.69. The molecule has 3 aromatic rings. The molecule has 0 spiro atoms. The van der Waals surface area contributed by atoms with Crippen molar-refractivity contribution in [3.8, 4) is 5.82 Å². The number of aromatic nitrogens is 4. The number of carbonyl (C=O) groups excluding carboxylic acids is 1. The second-order valence-electron chi connectivity index (χ2n) is 5.79. The maximum absolute atomic E-state index is 12.5. The van der Waals surface area contributed by atoms with Crippen molar-refractivity contribution in [2.24, 2.45) is 0 Å². The normalized spacial score (nSPS) is 11.3. The molecule has 0 radical (unpaired) electrons. The highest BCUT2D eigenvalue weighted by Gasteiger charge is 2.16. The van der Waals surface area contributed by atoms with Gasteiger partial charge in [0.15, 0.2) is 11.6 Å². The van der Waals surface area contributed by atoms with Crippen LogP contribution in [0.25, 0.3) is 5.82 Å². The van der Waals surface area contributed by atoms with Crippen molar-refractivity contribution in [2.75, 3.05) is 4.72 Å². The predicted octanol–water partition coefficient (Wildman–Crippen LogP) is 2.28. The number of rotatable bonds is 5. The maximum atomic E-state index is 12.5. The van der Waals surface area contributed by atoms with Crippen LogP contribution >= 0.6 is 0 Å². The number of aryl methyl sites for hydroxylation is 2. The lowest BCUT2D eigenvalue weighted by atomic mass is 10.2. The second-order valence-corrected chi connectivity index (χ2v) is 7.47. The van der Waals surface area contributed by atoms with E-state index >= 15 is 0 Å². The molecule has 2 aromatic heterocycles. The van der Waals surface area contributed by atoms with Gasteiger partial charge < -0.3 is 0 Å². The van der Waals surface area contributed by atoms with Gasteiger partial charge in [-0.15, -0.1) is 0 Å². The zero-order valence-corrected chi connectivity index (χ0v) is 15.3. The maximum Gasteiger partial charge on any atom is 0.263 e. The molecule has 0 bridgehead atoms. The summed E-state index contributed by atoms with van der Waals surface area (Å²) in [6, 6.07) is 9.09. The first kappa shape index (κ1) is 17.7. The van der Waals surface area contributed by atoms with Crippen molar-refractivity contribution in [2.45, 2.75) is 25.7 Å². The molecule has 26 heavy (non-hydrogen) atoms. The van der Waals surface area contributed by atoms with Crippen LogP contribution in [0.5, 0.6) is 0 Å². The molecular weight excluding hydrogens is 354 g/mol. The van der Waals surface area contributed by atoms with Gasteiger partial charge in [-0.3, -0.25) is 9.52 Å². The lowest BCUT2D eigenvalue weighted by molar-refractivity contribution is 0.101. The molecule has 0 saturated heterocycles. The summed E-state index contributed by atoms with van der Waals surface area (Å²) in [6.07, 6.45) is 1.27. The van der Waals surface area contributed by atoms with Crippen LogP contribution in [0.3, 0.4) is 0 Å². The van der Waals surface area contributed by atoms with Crippen LogP contribution in [0.15, 0.2) is 47.6 Å². The van der Waals surface area contributed by atoms with E-state index in [1.807, 2.05) is 19.9 Å². The smallest absolute Gasteiger partial charge is 0.263 e. The van der Waals surface area contributed by atoms with E-state index in [0.29, 0.717) is 11.4 Å². The van der Waals surface area contributed by atoms with Gasteiger partial charge in [0.05, 0.1) is 10.6 Å². The van der Waals surface area contributed by atoms with Crippen LogP contribution in [-0.2, 0) is 10.0 Å². The third-order valence-corrected chi connectivity index (χ3v) is 5.06. The van der Waals surface area contributed by atoms with Crippen molar-refractivity contribution in [1.82, 2.24) is 19.7 Å². The van der Waals surface area contributed by atoms with Gasteiger partial charge in [-0.25, -0.2) is 23.1 Å². The summed E-state index contributed by atoms with van der Waals surface area (Å²) in [5.74, 6) is 0.445. The van der Waals surface area contributed by atoms with Gasteiger partial charge in [-0.05, 0) is 39.0 Å². The minimum absolute atomic E-state index is 0.0359. The highest BCUT2D eigenvalue weighted by molar-refractivity contribution is 7.92. The molecule has 0 aliphatic heterocycles. The Labute approximate surface area is 151 Å². The molecule has 134 valence electrons. The van der Waals surface area contributed by atoms with E-state index in [1.165, 1.54) is 43.6 Å². The van der Waals surface area contributed by atoms with Gasteiger partial charge in [0.25, 0.3) is 10.0 Å². The molecule has 0 atom stereocenters. The lowest BCUT2D eigenvalue weighted by Crippen LogP contribution is -2.15. The minimum atomic E-state index is -3.84. The Kier molecular flexibility index (Phi) is 4.56. The van der Waals surface area contributed by atoms with E-state index < -0.39 is 10.0 Å². The third kappa shape index (κ3) is 3.62. The van der Waals surface area contributed by atoms with Crippen molar-refractivity contribution in [3.05, 3.63) is 59.7 Å². The molecule has 2 heterocycles. The second kappa shape index (κ2) is 6.68. The Morgan fingerprint density at radius 2 is 1.77 bits per heavy atom. The molecule has 0 saturated carbocycles. The molecule has 0 unspecified atom stereocenters. The highest BCUT2D eigenvalue weighted by atomic mass is 32.2. The van der Waals surface area contributed by atoms with Crippen molar-refractivity contribution < 1.29 is 13.2 Å². The van der Waals surface area contributed by atoms with E-state index in [-0.39, 0.29) is 16.5 Å². The zero-order valence-electron chi connectivity index (χ0n) is 14.5. The summed E-state index contributed by atoms with van der Waals surface area (Å²) in [7, 11) is -3.84. The van der Waals surface area contributed by atoms with Gasteiger partial charge >= 0.3 is 0 Å². The Hall–Kier alpha value is -3.07. The van der Waals surface area contributed by atoms with Crippen LogP contribution in [-0.4, -0.2) is 33.9 Å². The number of hydrogen-bond acceptors (Lipinski definition) is 6. The van der Waals surface area contributed by atoms with E-state index in [0.717, 1.165) is 11.4 Å². The van der Waals surface area contributed by atoms with Crippen molar-refractivity contribution >= 4 is 21.6 Å². The molecule has 0 aliphatic carbocycles. The number of anilines is 1. The number of sulfonamides is 1. The molecule has 0 amide bonds. The molecule has 1 aromatic carbocycles. The van der Waals surface area contributed by atoms with Crippen LogP contribution in [0.4, 0.5) is 5.82 Å². The quantitative estimate of drug-likeness (QED) is 0.690. The van der Waals surface area contributed by atoms with Crippen LogP contribution in [0, 0.1) is 13.8 Å². The number of nitrogens with zero attached hydrogens (tertiary/aromatic N) is 4. The summed E-state index contributed by atoms with van der Waals surface area (Å²) in [5.41, 5.74) is 2.14. The van der Waals surface area contributed by atoms with Gasteiger partial charge in [-0.1, -0.05) is 12.1 Å². The summed E-state index contributed by atoms with van der Waals surface area (Å²) < 4.78 is 29.1. The van der Waals surface area contributed by atoms with Crippen molar-refractivity contribution in [1.29, 1.82) is 0 Å². The van der Waals surface area contributed by atoms with Gasteiger partial charge in [0.1, 0.15) is 12.1 Å². The first-order valence-electron chi connectivity index (χ1n) is 7.76. The Bertz CT molecular complexity index is 1070. The van der Waals surface area contributed by atoms with Gasteiger partial charge in [0, 0.05) is 17.3 Å². The fraction of sp³-hybridized carbons (Fsp3) is 0.176. The topological polar surface area (TPSA) is 107 Å². The predicted molar refractivity (Wildman–Crippen MR) is 95.9 cm³/mol. The van der Waals surface area contributed by atoms with E-state index in [4.69, 9.17) is 0 Å². The molecule has 0 fully saturated rings. The largest absolute Gasteiger partial charge is 0.295 e. The van der Waals surface area contributed by atoms with E-state index in [2.05, 4.69) is 19.8 Å². The van der Waals surface area contributed by atoms with Crippen molar-refractivity contribution in [3.63, 3.8) is 0 Å². The number of hydrogen-bond donors (Lipinski definition) is 1. The Balaban J connectivity index is 1.89.